The van der Waals surface area contributed by atoms with Gasteiger partial charge in [-0.3, -0.25) is 10.1 Å². The predicted molar refractivity (Wildman–Crippen MR) is 57.7 cm³/mol. The number of ether oxygens (including phenoxy) is 2. The molecule has 0 spiro atoms. The Hall–Kier alpha value is -1.62. The summed E-state index contributed by atoms with van der Waals surface area (Å²) >= 11 is 0. The third kappa shape index (κ3) is 2.30. The Morgan fingerprint density at radius 1 is 1.62 bits per heavy atom. The number of rotatable bonds is 4. The fourth-order valence-corrected chi connectivity index (χ4v) is 1.33. The Balaban J connectivity index is 2.15. The van der Waals surface area contributed by atoms with E-state index in [0.29, 0.717) is 19.0 Å². The van der Waals surface area contributed by atoms with Crippen molar-refractivity contribution >= 4 is 5.69 Å². The maximum absolute atomic E-state index is 10.8. The number of hydrogen-bond donors (Lipinski definition) is 0. The van der Waals surface area contributed by atoms with Crippen molar-refractivity contribution in [2.75, 3.05) is 13.2 Å². The summed E-state index contributed by atoms with van der Waals surface area (Å²) in [5.74, 6) is 0.298. The molecule has 0 N–H and O–H groups in total. The van der Waals surface area contributed by atoms with E-state index in [1.807, 2.05) is 13.8 Å². The van der Waals surface area contributed by atoms with Crippen LogP contribution in [0.5, 0.6) is 5.75 Å². The molecule has 1 aliphatic rings. The van der Waals surface area contributed by atoms with Crippen LogP contribution in [0.15, 0.2) is 18.2 Å². The number of nitro benzene ring substituents is 1. The first kappa shape index (κ1) is 10.9. The van der Waals surface area contributed by atoms with Crippen molar-refractivity contribution in [2.24, 2.45) is 0 Å². The van der Waals surface area contributed by atoms with Gasteiger partial charge in [0.25, 0.3) is 0 Å². The number of nitrogens with zero attached hydrogens (tertiary/aromatic N) is 1. The van der Waals surface area contributed by atoms with Gasteiger partial charge in [-0.15, -0.1) is 0 Å². The summed E-state index contributed by atoms with van der Waals surface area (Å²) in [4.78, 5) is 10.4. The molecule has 1 atom stereocenters. The molecule has 16 heavy (non-hydrogen) atoms. The van der Waals surface area contributed by atoms with Gasteiger partial charge in [0.15, 0.2) is 5.75 Å². The minimum Gasteiger partial charge on any atom is -0.484 e. The Bertz CT molecular complexity index is 426. The van der Waals surface area contributed by atoms with Gasteiger partial charge in [0, 0.05) is 6.07 Å². The summed E-state index contributed by atoms with van der Waals surface area (Å²) in [6.45, 7) is 4.71. The number of hydrogen-bond acceptors (Lipinski definition) is 4. The highest BCUT2D eigenvalue weighted by Crippen LogP contribution is 2.31. The van der Waals surface area contributed by atoms with Crippen LogP contribution in [0.25, 0.3) is 0 Å². The lowest BCUT2D eigenvalue weighted by atomic mass is 10.2. The lowest BCUT2D eigenvalue weighted by Crippen LogP contribution is -2.17. The minimum absolute atomic E-state index is 0.00394. The molecule has 5 nitrogen and oxygen atoms in total. The maximum Gasteiger partial charge on any atom is 0.311 e. The van der Waals surface area contributed by atoms with Crippen LogP contribution < -0.4 is 4.74 Å². The van der Waals surface area contributed by atoms with Crippen LogP contribution in [0, 0.1) is 17.0 Å². The van der Waals surface area contributed by atoms with E-state index in [4.69, 9.17) is 9.47 Å². The van der Waals surface area contributed by atoms with Gasteiger partial charge in [-0.1, -0.05) is 6.07 Å². The van der Waals surface area contributed by atoms with E-state index in [2.05, 4.69) is 0 Å². The molecule has 1 aromatic carbocycles. The zero-order chi connectivity index (χ0) is 11.8. The molecule has 2 rings (SSSR count). The second-order valence-electron chi connectivity index (χ2n) is 4.26. The summed E-state index contributed by atoms with van der Waals surface area (Å²) < 4.78 is 10.6. The van der Waals surface area contributed by atoms with Crippen LogP contribution >= 0.6 is 0 Å². The van der Waals surface area contributed by atoms with Crippen molar-refractivity contribution in [1.29, 1.82) is 0 Å². The zero-order valence-electron chi connectivity index (χ0n) is 9.23. The molecule has 0 aromatic heterocycles. The second-order valence-corrected chi connectivity index (χ2v) is 4.26. The Labute approximate surface area is 93.1 Å². The summed E-state index contributed by atoms with van der Waals surface area (Å²) in [5, 5.41) is 10.8. The molecule has 0 bridgehead atoms. The molecule has 1 unspecified atom stereocenters. The van der Waals surface area contributed by atoms with Gasteiger partial charge in [-0.25, -0.2) is 0 Å². The van der Waals surface area contributed by atoms with E-state index in [0.717, 1.165) is 5.56 Å². The third-order valence-electron chi connectivity index (χ3n) is 2.48. The Kier molecular flexibility index (Phi) is 2.55. The lowest BCUT2D eigenvalue weighted by molar-refractivity contribution is -0.385. The lowest BCUT2D eigenvalue weighted by Gasteiger charge is -2.09. The van der Waals surface area contributed by atoms with Gasteiger partial charge in [0.05, 0.1) is 11.5 Å². The average Bonchev–Trinajstić information content (AvgIpc) is 2.95. The predicted octanol–water partition coefficient (Wildman–Crippen LogP) is 2.07. The number of aryl methyl sites for hydroxylation is 1. The molecule has 0 amide bonds. The normalized spacial score (nSPS) is 22.9. The van der Waals surface area contributed by atoms with Gasteiger partial charge in [-0.2, -0.15) is 0 Å². The topological polar surface area (TPSA) is 64.9 Å². The average molecular weight is 223 g/mol. The summed E-state index contributed by atoms with van der Waals surface area (Å²) in [6, 6.07) is 4.92. The van der Waals surface area contributed by atoms with Crippen molar-refractivity contribution in [3.8, 4) is 5.75 Å². The first-order valence-electron chi connectivity index (χ1n) is 5.02. The van der Waals surface area contributed by atoms with Crippen molar-refractivity contribution < 1.29 is 14.4 Å². The quantitative estimate of drug-likeness (QED) is 0.445. The number of benzene rings is 1. The van der Waals surface area contributed by atoms with Crippen LogP contribution in [0.1, 0.15) is 12.5 Å². The first-order valence-corrected chi connectivity index (χ1v) is 5.02. The molecular weight excluding hydrogens is 210 g/mol. The largest absolute Gasteiger partial charge is 0.484 e. The van der Waals surface area contributed by atoms with Crippen molar-refractivity contribution in [3.05, 3.63) is 33.9 Å². The molecule has 5 heteroatoms. The van der Waals surface area contributed by atoms with Crippen molar-refractivity contribution in [1.82, 2.24) is 0 Å². The Morgan fingerprint density at radius 3 is 2.88 bits per heavy atom. The molecule has 1 heterocycles. The monoisotopic (exact) mass is 223 g/mol. The molecule has 0 radical (unpaired) electrons. The molecule has 1 fully saturated rings. The molecular formula is C11H13NO4. The third-order valence-corrected chi connectivity index (χ3v) is 2.48. The van der Waals surface area contributed by atoms with Crippen LogP contribution in [-0.2, 0) is 4.74 Å². The van der Waals surface area contributed by atoms with Gasteiger partial charge in [-0.05, 0) is 25.5 Å². The molecule has 1 aliphatic heterocycles. The van der Waals surface area contributed by atoms with Gasteiger partial charge in [0.2, 0.25) is 0 Å². The van der Waals surface area contributed by atoms with E-state index in [9.17, 15) is 10.1 Å². The van der Waals surface area contributed by atoms with Gasteiger partial charge >= 0.3 is 5.69 Å². The van der Waals surface area contributed by atoms with E-state index in [1.54, 1.807) is 12.1 Å². The van der Waals surface area contributed by atoms with Gasteiger partial charge in [0.1, 0.15) is 12.2 Å². The number of epoxide rings is 1. The number of nitro groups is 1. The van der Waals surface area contributed by atoms with Crippen LogP contribution in [0.4, 0.5) is 5.69 Å². The zero-order valence-corrected chi connectivity index (χ0v) is 9.23. The minimum atomic E-state index is -0.432. The highest BCUT2D eigenvalue weighted by atomic mass is 16.6. The molecule has 1 aromatic rings. The van der Waals surface area contributed by atoms with E-state index in [1.165, 1.54) is 6.07 Å². The SMILES string of the molecule is Cc1ccc(OCC2(C)CO2)c([N+](=O)[O-])c1. The fraction of sp³-hybridized carbons (Fsp3) is 0.455. The van der Waals surface area contributed by atoms with Crippen LogP contribution in [-0.4, -0.2) is 23.7 Å². The van der Waals surface area contributed by atoms with E-state index in [-0.39, 0.29) is 11.3 Å². The maximum atomic E-state index is 10.8. The second kappa shape index (κ2) is 3.75. The Morgan fingerprint density at radius 2 is 2.31 bits per heavy atom. The van der Waals surface area contributed by atoms with Crippen molar-refractivity contribution in [3.63, 3.8) is 0 Å². The molecule has 0 aliphatic carbocycles. The summed E-state index contributed by atoms with van der Waals surface area (Å²) in [5.41, 5.74) is 0.579. The standard InChI is InChI=1S/C11H13NO4/c1-8-3-4-10(9(5-8)12(13)14)15-6-11(2)7-16-11/h3-5H,6-7H2,1-2H3. The first-order chi connectivity index (χ1) is 7.50. The van der Waals surface area contributed by atoms with E-state index >= 15 is 0 Å². The highest BCUT2D eigenvalue weighted by molar-refractivity contribution is 5.48. The molecule has 86 valence electrons. The van der Waals surface area contributed by atoms with Crippen LogP contribution in [0.2, 0.25) is 0 Å². The van der Waals surface area contributed by atoms with Crippen molar-refractivity contribution in [2.45, 2.75) is 19.4 Å². The van der Waals surface area contributed by atoms with E-state index < -0.39 is 4.92 Å². The summed E-state index contributed by atoms with van der Waals surface area (Å²) in [7, 11) is 0. The fourth-order valence-electron chi connectivity index (χ4n) is 1.33. The summed E-state index contributed by atoms with van der Waals surface area (Å²) in [6.07, 6.45) is 0. The smallest absolute Gasteiger partial charge is 0.311 e. The molecule has 0 saturated carbocycles. The van der Waals surface area contributed by atoms with Gasteiger partial charge < -0.3 is 9.47 Å². The highest BCUT2D eigenvalue weighted by Gasteiger charge is 2.40. The molecule has 1 saturated heterocycles. The van der Waals surface area contributed by atoms with Crippen LogP contribution in [0.3, 0.4) is 0 Å².